The number of hydrogen-bond acceptors (Lipinski definition) is 5. The van der Waals surface area contributed by atoms with Gasteiger partial charge in [0, 0.05) is 53.5 Å². The molecule has 0 spiro atoms. The van der Waals surface area contributed by atoms with Gasteiger partial charge in [-0.15, -0.1) is 0 Å². The summed E-state index contributed by atoms with van der Waals surface area (Å²) in [5.41, 5.74) is 5.92. The van der Waals surface area contributed by atoms with E-state index in [9.17, 15) is 14.4 Å². The first-order chi connectivity index (χ1) is 18.9. The predicted octanol–water partition coefficient (Wildman–Crippen LogP) is 6.72. The first kappa shape index (κ1) is 27.9. The Balaban J connectivity index is 1.51. The molecule has 1 N–H and O–H groups in total. The third-order valence-corrected chi connectivity index (χ3v) is 8.32. The second kappa shape index (κ2) is 10.4. The first-order valence-corrected chi connectivity index (χ1v) is 14.3. The van der Waals surface area contributed by atoms with Gasteiger partial charge >= 0.3 is 0 Å². The minimum Gasteiger partial charge on any atom is -0.484 e. The highest BCUT2D eigenvalue weighted by Crippen LogP contribution is 2.54. The number of ketones is 2. The van der Waals surface area contributed by atoms with E-state index in [1.165, 1.54) is 0 Å². The second-order valence-electron chi connectivity index (χ2n) is 13.0. The van der Waals surface area contributed by atoms with Crippen molar-refractivity contribution in [2.45, 2.75) is 73.1 Å². The summed E-state index contributed by atoms with van der Waals surface area (Å²) in [6, 6.07) is 15.2. The van der Waals surface area contributed by atoms with Gasteiger partial charge in [-0.2, -0.15) is 0 Å². The summed E-state index contributed by atoms with van der Waals surface area (Å²) in [6.45, 7) is 13.2. The molecular formula is C34H40N2O4. The van der Waals surface area contributed by atoms with Gasteiger partial charge in [0.25, 0.3) is 5.91 Å². The van der Waals surface area contributed by atoms with Gasteiger partial charge in [-0.1, -0.05) is 58.0 Å². The molecule has 0 aromatic heterocycles. The smallest absolute Gasteiger partial charge is 0.262 e. The van der Waals surface area contributed by atoms with Crippen molar-refractivity contribution in [3.63, 3.8) is 0 Å². The van der Waals surface area contributed by atoms with Gasteiger partial charge < -0.3 is 15.0 Å². The van der Waals surface area contributed by atoms with Gasteiger partial charge in [-0.25, -0.2) is 0 Å². The summed E-state index contributed by atoms with van der Waals surface area (Å²) in [6.07, 6.45) is 2.49. The fraction of sp³-hybridized carbons (Fsp3) is 0.441. The van der Waals surface area contributed by atoms with Crippen LogP contribution in [0.25, 0.3) is 0 Å². The van der Waals surface area contributed by atoms with Crippen molar-refractivity contribution in [2.24, 2.45) is 10.8 Å². The highest BCUT2D eigenvalue weighted by Gasteiger charge is 2.48. The highest BCUT2D eigenvalue weighted by atomic mass is 16.5. The van der Waals surface area contributed by atoms with Gasteiger partial charge in [-0.3, -0.25) is 14.4 Å². The lowest BCUT2D eigenvalue weighted by Crippen LogP contribution is -2.44. The number of Topliss-reactive ketones (excluding diaryl/α,β-unsaturated/α-hetero) is 2. The lowest BCUT2D eigenvalue weighted by molar-refractivity contribution is -0.120. The minimum atomic E-state index is -0.427. The largest absolute Gasteiger partial charge is 0.484 e. The van der Waals surface area contributed by atoms with Gasteiger partial charge in [0.2, 0.25) is 0 Å². The maximum Gasteiger partial charge on any atom is 0.262 e. The summed E-state index contributed by atoms with van der Waals surface area (Å²) in [7, 11) is 0. The Hall–Kier alpha value is -3.67. The lowest BCUT2D eigenvalue weighted by Gasteiger charge is -2.48. The number of hydrogen-bond donors (Lipinski definition) is 1. The molecule has 0 radical (unpaired) electrons. The highest BCUT2D eigenvalue weighted by molar-refractivity contribution is 6.06. The van der Waals surface area contributed by atoms with E-state index in [2.05, 4.69) is 44.8 Å². The number of para-hydroxylation sites is 1. The van der Waals surface area contributed by atoms with E-state index in [0.29, 0.717) is 18.6 Å². The monoisotopic (exact) mass is 540 g/mol. The number of allylic oxidation sites excluding steroid dienone is 4. The standard InChI is InChI=1S/C34H40N2O4/c1-7-36-25-16-33(3,4)18-27(37)31(25)30(32-26(36)17-34(5,6)19-28(32)38)22-12-10-13-23(15-22)40-20-29(39)35-24-14-9-8-11-21(24)2/h8-15,30H,7,16-20H2,1-6H3,(H,35,39). The molecule has 1 heterocycles. The van der Waals surface area contributed by atoms with Crippen LogP contribution < -0.4 is 10.1 Å². The first-order valence-electron chi connectivity index (χ1n) is 14.3. The van der Waals surface area contributed by atoms with E-state index in [0.717, 1.165) is 58.7 Å². The van der Waals surface area contributed by atoms with Crippen LogP contribution in [0.4, 0.5) is 5.69 Å². The van der Waals surface area contributed by atoms with Crippen LogP contribution in [0.5, 0.6) is 5.75 Å². The molecule has 0 saturated carbocycles. The number of ether oxygens (including phenoxy) is 1. The molecule has 0 bridgehead atoms. The number of benzene rings is 2. The Morgan fingerprint density at radius 3 is 2.08 bits per heavy atom. The topological polar surface area (TPSA) is 75.7 Å². The van der Waals surface area contributed by atoms with Gasteiger partial charge in [0.1, 0.15) is 5.75 Å². The third-order valence-electron chi connectivity index (χ3n) is 8.32. The quantitative estimate of drug-likeness (QED) is 0.440. The van der Waals surface area contributed by atoms with Gasteiger partial charge in [-0.05, 0) is 66.8 Å². The normalized spacial score (nSPS) is 20.3. The summed E-state index contributed by atoms with van der Waals surface area (Å²) in [5.74, 6) is 0.0853. The van der Waals surface area contributed by atoms with Crippen LogP contribution in [0, 0.1) is 17.8 Å². The Morgan fingerprint density at radius 1 is 0.900 bits per heavy atom. The summed E-state index contributed by atoms with van der Waals surface area (Å²) >= 11 is 0. The molecule has 1 aliphatic heterocycles. The van der Waals surface area contributed by atoms with Crippen molar-refractivity contribution in [1.29, 1.82) is 0 Å². The maximum atomic E-state index is 13.8. The number of rotatable bonds is 6. The van der Waals surface area contributed by atoms with E-state index in [4.69, 9.17) is 4.74 Å². The van der Waals surface area contributed by atoms with Crippen LogP contribution in [0.3, 0.4) is 0 Å². The van der Waals surface area contributed by atoms with Crippen molar-refractivity contribution in [3.05, 3.63) is 82.2 Å². The minimum absolute atomic E-state index is 0.114. The number of amides is 1. The van der Waals surface area contributed by atoms with Crippen molar-refractivity contribution in [2.75, 3.05) is 18.5 Å². The van der Waals surface area contributed by atoms with Crippen LogP contribution >= 0.6 is 0 Å². The van der Waals surface area contributed by atoms with Crippen LogP contribution in [0.1, 0.15) is 77.3 Å². The lowest BCUT2D eigenvalue weighted by atomic mass is 9.63. The Kier molecular flexibility index (Phi) is 7.24. The summed E-state index contributed by atoms with van der Waals surface area (Å²) in [4.78, 5) is 42.5. The maximum absolute atomic E-state index is 13.8. The van der Waals surface area contributed by atoms with Gasteiger partial charge in [0.05, 0.1) is 0 Å². The number of aryl methyl sites for hydroxylation is 1. The van der Waals surface area contributed by atoms with E-state index in [1.807, 2.05) is 55.5 Å². The molecule has 210 valence electrons. The molecule has 0 unspecified atom stereocenters. The fourth-order valence-corrected chi connectivity index (χ4v) is 6.60. The molecule has 1 amide bonds. The molecule has 2 aromatic rings. The molecule has 6 heteroatoms. The van der Waals surface area contributed by atoms with Crippen molar-refractivity contribution in [1.82, 2.24) is 4.90 Å². The number of nitrogens with zero attached hydrogens (tertiary/aromatic N) is 1. The van der Waals surface area contributed by atoms with Crippen LogP contribution in [0.2, 0.25) is 0 Å². The second-order valence-corrected chi connectivity index (χ2v) is 13.0. The number of carbonyl (C=O) groups is 3. The molecule has 0 saturated heterocycles. The average molecular weight is 541 g/mol. The molecule has 0 atom stereocenters. The molecule has 5 rings (SSSR count). The van der Waals surface area contributed by atoms with Crippen LogP contribution in [0.15, 0.2) is 71.1 Å². The number of carbonyl (C=O) groups excluding carboxylic acids is 3. The van der Waals surface area contributed by atoms with Crippen molar-refractivity contribution >= 4 is 23.2 Å². The molecule has 2 aliphatic carbocycles. The Bertz CT molecular complexity index is 1390. The van der Waals surface area contributed by atoms with Gasteiger partial charge in [0.15, 0.2) is 18.2 Å². The fourth-order valence-electron chi connectivity index (χ4n) is 6.60. The van der Waals surface area contributed by atoms with E-state index in [1.54, 1.807) is 0 Å². The molecular weight excluding hydrogens is 500 g/mol. The zero-order valence-corrected chi connectivity index (χ0v) is 24.5. The summed E-state index contributed by atoms with van der Waals surface area (Å²) in [5, 5.41) is 2.90. The van der Waals surface area contributed by atoms with Crippen LogP contribution in [-0.4, -0.2) is 35.5 Å². The zero-order chi connectivity index (χ0) is 28.8. The zero-order valence-electron chi connectivity index (χ0n) is 24.5. The molecule has 2 aromatic carbocycles. The number of nitrogens with one attached hydrogen (secondary N) is 1. The molecule has 3 aliphatic rings. The van der Waals surface area contributed by atoms with Crippen LogP contribution in [-0.2, 0) is 14.4 Å². The molecule has 40 heavy (non-hydrogen) atoms. The third kappa shape index (κ3) is 5.36. The van der Waals surface area contributed by atoms with Crippen molar-refractivity contribution < 1.29 is 19.1 Å². The Labute approximate surface area is 237 Å². The SMILES string of the molecule is CCN1C2=C(C(=O)CC(C)(C)C2)C(c2cccc(OCC(=O)Nc3ccccc3C)c2)C2=C1CC(C)(C)CC2=O. The molecule has 6 nitrogen and oxygen atoms in total. The van der Waals surface area contributed by atoms with E-state index < -0.39 is 5.92 Å². The van der Waals surface area contributed by atoms with E-state index in [-0.39, 0.29) is 34.9 Å². The van der Waals surface area contributed by atoms with E-state index >= 15 is 0 Å². The average Bonchev–Trinajstić information content (AvgIpc) is 2.86. The predicted molar refractivity (Wildman–Crippen MR) is 157 cm³/mol. The summed E-state index contributed by atoms with van der Waals surface area (Å²) < 4.78 is 5.92. The molecule has 0 fully saturated rings. The number of anilines is 1. The Morgan fingerprint density at radius 2 is 1.50 bits per heavy atom. The van der Waals surface area contributed by atoms with Crippen molar-refractivity contribution in [3.8, 4) is 5.75 Å².